The molecular formula is S7. The molecule has 0 aromatic carbocycles. The van der Waals surface area contributed by atoms with Gasteiger partial charge in [0.25, 0.3) is 0 Å². The summed E-state index contributed by atoms with van der Waals surface area (Å²) in [6.07, 6.45) is 0. The van der Waals surface area contributed by atoms with E-state index in [1.165, 1.54) is 0 Å². The SMILES string of the molecule is S1S2345SS12(S3)(S4)S5. The first-order valence-electron chi connectivity index (χ1n) is 1.83. The Morgan fingerprint density at radius 1 is 0.571 bits per heavy atom. The van der Waals surface area contributed by atoms with E-state index >= 15 is 0 Å². The van der Waals surface area contributed by atoms with Crippen molar-refractivity contribution in [2.24, 2.45) is 0 Å². The molecule has 0 aromatic heterocycles. The van der Waals surface area contributed by atoms with Crippen LogP contribution in [0.2, 0.25) is 0 Å². The van der Waals surface area contributed by atoms with Crippen molar-refractivity contribution in [3.8, 4) is 0 Å². The fourth-order valence-corrected chi connectivity index (χ4v) is 298. The van der Waals surface area contributed by atoms with E-state index < -0.39 is 4.97 Å². The van der Waals surface area contributed by atoms with Gasteiger partial charge in [-0.3, -0.25) is 0 Å². The zero-order valence-electron chi connectivity index (χ0n) is 2.86. The largest absolute Gasteiger partial charge is 0 e. The van der Waals surface area contributed by atoms with Crippen LogP contribution >= 0.6 is 54.1 Å². The van der Waals surface area contributed by atoms with Crippen molar-refractivity contribution in [2.75, 3.05) is 0 Å². The summed E-state index contributed by atoms with van der Waals surface area (Å²) >= 11 is 0. The summed E-state index contributed by atoms with van der Waals surface area (Å²) < 4.78 is -1.83. The number of rotatable bonds is 0. The lowest BCUT2D eigenvalue weighted by molar-refractivity contribution is 4.89. The van der Waals surface area contributed by atoms with Crippen LogP contribution in [0.25, 0.3) is 0 Å². The fraction of sp³-hybridized carbons (Fsp3) is 0. The molecule has 0 nitrogen and oxygen atoms in total. The van der Waals surface area contributed by atoms with Gasteiger partial charge >= 0.3 is 0 Å². The standard InChI is InChI=1S/S7/c1-6-2-7(1,6,3-6,4-6)5-6. The second kappa shape index (κ2) is 0.334. The summed E-state index contributed by atoms with van der Waals surface area (Å²) in [6, 6.07) is 0. The third-order valence-corrected chi connectivity index (χ3v) is 144. The van der Waals surface area contributed by atoms with Crippen LogP contribution in [-0.2, 0) is 0 Å². The highest BCUT2D eigenvalue weighted by Crippen LogP contribution is 4.35. The summed E-state index contributed by atoms with van der Waals surface area (Å²) in [5.41, 5.74) is 0. The molecule has 7 heavy (non-hydrogen) atoms. The Morgan fingerprint density at radius 3 is 0.714 bits per heavy atom. The molecule has 0 saturated carbocycles. The van der Waals surface area contributed by atoms with Gasteiger partial charge in [-0.05, 0) is 0 Å². The van der Waals surface area contributed by atoms with Crippen molar-refractivity contribution in [3.63, 3.8) is 0 Å². The predicted molar refractivity (Wildman–Crippen MR) is 53.1 cm³/mol. The molecule has 7 heteroatoms. The quantitative estimate of drug-likeness (QED) is 0.436. The van der Waals surface area contributed by atoms with Crippen molar-refractivity contribution in [2.45, 2.75) is 0 Å². The molecule has 5 heterocycles. The average Bonchev–Trinajstić information content (AvgIpc) is 1.22. The molecule has 0 radical (unpaired) electrons. The second-order valence-corrected chi connectivity index (χ2v) is 64.3. The Labute approximate surface area is 53.4 Å². The van der Waals surface area contributed by atoms with Crippen LogP contribution < -0.4 is 0 Å². The third kappa shape index (κ3) is 0.0773. The van der Waals surface area contributed by atoms with Crippen molar-refractivity contribution in [3.05, 3.63) is 0 Å². The van der Waals surface area contributed by atoms with Crippen molar-refractivity contribution >= 4 is 54.1 Å². The van der Waals surface area contributed by atoms with Crippen LogP contribution in [0.1, 0.15) is 0 Å². The first-order valence-corrected chi connectivity index (χ1v) is 16.5. The van der Waals surface area contributed by atoms with Crippen LogP contribution in [0.5, 0.6) is 0 Å². The van der Waals surface area contributed by atoms with Gasteiger partial charge in [0.05, 0.1) is 0 Å². The minimum atomic E-state index is -0.917. The summed E-state index contributed by atoms with van der Waals surface area (Å²) in [4.78, 5) is 0. The van der Waals surface area contributed by atoms with Crippen LogP contribution in [0.15, 0.2) is 0 Å². The van der Waals surface area contributed by atoms with Gasteiger partial charge in [-0.25, -0.2) is 0 Å². The van der Waals surface area contributed by atoms with E-state index in [2.05, 4.69) is 49.1 Å². The summed E-state index contributed by atoms with van der Waals surface area (Å²) in [5.74, 6) is 0. The minimum absolute atomic E-state index is 0.917. The van der Waals surface area contributed by atoms with Gasteiger partial charge in [-0.15, -0.1) is 0 Å². The lowest BCUT2D eigenvalue weighted by Gasteiger charge is -2.70. The highest BCUT2D eigenvalue weighted by molar-refractivity contribution is 11.3. The van der Waals surface area contributed by atoms with E-state index in [1.807, 2.05) is 0 Å². The van der Waals surface area contributed by atoms with Gasteiger partial charge in [0, 0.05) is 54.1 Å². The molecule has 0 aromatic rings. The lowest BCUT2D eigenvalue weighted by Crippen LogP contribution is -2.05. The monoisotopic (exact) mass is 224 g/mol. The highest BCUT2D eigenvalue weighted by atomic mass is 35.8. The molecule has 5 aliphatic heterocycles. The van der Waals surface area contributed by atoms with E-state index in [9.17, 15) is 0 Å². The van der Waals surface area contributed by atoms with Crippen molar-refractivity contribution in [1.29, 1.82) is 0 Å². The Kier molecular flexibility index (Phi) is 0.178. The molecule has 0 spiro atoms. The molecule has 42 valence electrons. The molecule has 0 amide bonds. The van der Waals surface area contributed by atoms with E-state index in [1.54, 1.807) is 0 Å². The molecule has 0 bridgehead atoms. The molecule has 0 N–H and O–H groups in total. The van der Waals surface area contributed by atoms with Crippen LogP contribution in [-0.4, -0.2) is 0 Å². The van der Waals surface area contributed by atoms with Gasteiger partial charge in [0.2, 0.25) is 0 Å². The van der Waals surface area contributed by atoms with Crippen LogP contribution in [0.4, 0.5) is 0 Å². The lowest BCUT2D eigenvalue weighted by atomic mass is 29.4. The maximum absolute atomic E-state index is 2.44. The van der Waals surface area contributed by atoms with Crippen LogP contribution in [0, 0.1) is 0 Å². The summed E-state index contributed by atoms with van der Waals surface area (Å²) in [5, 5.41) is 0. The molecule has 0 aliphatic carbocycles. The van der Waals surface area contributed by atoms with Crippen LogP contribution in [0.3, 0.4) is 0 Å². The first-order chi connectivity index (χ1) is 3.05. The summed E-state index contributed by atoms with van der Waals surface area (Å²) in [7, 11) is 12.2. The number of hydrogen-bond donors (Lipinski definition) is 0. The molecule has 5 aliphatic rings. The van der Waals surface area contributed by atoms with Gasteiger partial charge in [-0.1, -0.05) is 0 Å². The second-order valence-electron chi connectivity index (χ2n) is 2.38. The smallest absolute Gasteiger partial charge is 0 e. The highest BCUT2D eigenvalue weighted by Gasteiger charge is 3.70. The van der Waals surface area contributed by atoms with E-state index in [0.717, 1.165) is 0 Å². The molecule has 5 rings (SSSR count). The fourth-order valence-electron chi connectivity index (χ4n) is 1.41. The molecule has 5 fully saturated rings. The maximum atomic E-state index is 2.44. The van der Waals surface area contributed by atoms with Gasteiger partial charge in [-0.2, -0.15) is 0 Å². The van der Waals surface area contributed by atoms with Gasteiger partial charge in [0.1, 0.15) is 0 Å². The Balaban J connectivity index is 2.67. The normalized spacial score (nSPS) is 99.4. The molecular weight excluding hydrogens is 224 g/mol. The van der Waals surface area contributed by atoms with Crippen molar-refractivity contribution < 1.29 is 0 Å². The zero-order valence-corrected chi connectivity index (χ0v) is 8.57. The van der Waals surface area contributed by atoms with E-state index in [4.69, 9.17) is 0 Å². The first kappa shape index (κ1) is 3.73. The Morgan fingerprint density at radius 2 is 0.714 bits per heavy atom. The molecule has 0 unspecified atom stereocenters. The van der Waals surface area contributed by atoms with E-state index in [-0.39, 0.29) is 0 Å². The third-order valence-electron chi connectivity index (χ3n) is 2.01. The topological polar surface area (TPSA) is 0 Å². The van der Waals surface area contributed by atoms with Gasteiger partial charge in [0.15, 0.2) is 0 Å². The summed E-state index contributed by atoms with van der Waals surface area (Å²) in [6.45, 7) is 0. The Bertz CT molecular complexity index is 228. The maximum Gasteiger partial charge on any atom is 0 e. The molecule has 0 atom stereocenters. The molecule has 5 saturated heterocycles. The zero-order chi connectivity index (χ0) is 4.35. The van der Waals surface area contributed by atoms with Crippen molar-refractivity contribution in [1.82, 2.24) is 0 Å². The minimum Gasteiger partial charge on any atom is 0 e. The average molecular weight is 224 g/mol. The predicted octanol–water partition coefficient (Wildman–Crippen LogP) is 4.54. The Hall–Kier alpha value is 2.45. The van der Waals surface area contributed by atoms with E-state index in [0.29, 0.717) is 0 Å². The van der Waals surface area contributed by atoms with Gasteiger partial charge < -0.3 is 0 Å². The number of hydrogen-bond acceptors (Lipinski definition) is 5.